The number of aryl methyl sites for hydroxylation is 1. The van der Waals surface area contributed by atoms with Gasteiger partial charge in [0.15, 0.2) is 0 Å². The Balaban J connectivity index is 3.10. The number of amides is 2. The predicted octanol–water partition coefficient (Wildman–Crippen LogP) is 5.39. The maximum absolute atomic E-state index is 12.6. The summed E-state index contributed by atoms with van der Waals surface area (Å²) in [5.41, 5.74) is 4.15. The van der Waals surface area contributed by atoms with Crippen molar-refractivity contribution >= 4 is 20.3 Å². The van der Waals surface area contributed by atoms with Crippen LogP contribution < -0.4 is 5.43 Å². The smallest absolute Gasteiger partial charge is 0.429 e. The largest absolute Gasteiger partial charge is 0.449 e. The van der Waals surface area contributed by atoms with Crippen molar-refractivity contribution in [2.75, 3.05) is 13.2 Å². The molecule has 0 aliphatic carbocycles. The molecule has 1 aromatic carbocycles. The molecular formula is C22H36N2O4Si. The Kier molecular flexibility index (Phi) is 10.5. The summed E-state index contributed by atoms with van der Waals surface area (Å²) >= 11 is 0. The van der Waals surface area contributed by atoms with Gasteiger partial charge < -0.3 is 9.47 Å². The summed E-state index contributed by atoms with van der Waals surface area (Å²) in [6.07, 6.45) is 4.30. The van der Waals surface area contributed by atoms with E-state index in [-0.39, 0.29) is 19.3 Å². The second-order valence-electron chi connectivity index (χ2n) is 8.03. The molecule has 29 heavy (non-hydrogen) atoms. The van der Waals surface area contributed by atoms with E-state index in [0.29, 0.717) is 12.0 Å². The lowest BCUT2D eigenvalue weighted by Gasteiger charge is -2.30. The van der Waals surface area contributed by atoms with Gasteiger partial charge >= 0.3 is 12.2 Å². The average molecular weight is 421 g/mol. The molecule has 0 radical (unpaired) electrons. The fraction of sp³-hybridized carbons (Fsp3) is 0.545. The van der Waals surface area contributed by atoms with Crippen LogP contribution in [0.15, 0.2) is 42.5 Å². The van der Waals surface area contributed by atoms with Crippen LogP contribution in [0.5, 0.6) is 0 Å². The third kappa shape index (κ3) is 9.17. The van der Waals surface area contributed by atoms with Crippen LogP contribution in [0.4, 0.5) is 9.59 Å². The van der Waals surface area contributed by atoms with E-state index in [4.69, 9.17) is 9.47 Å². The molecule has 2 amide bonds. The number of rotatable bonds is 9. The molecule has 6 nitrogen and oxygen atoms in total. The van der Waals surface area contributed by atoms with Crippen LogP contribution >= 0.6 is 0 Å². The minimum Gasteiger partial charge on any atom is -0.449 e. The molecule has 7 heteroatoms. The Labute approximate surface area is 176 Å². The third-order valence-electron chi connectivity index (χ3n) is 4.84. The van der Waals surface area contributed by atoms with Crippen molar-refractivity contribution in [3.05, 3.63) is 48.0 Å². The van der Waals surface area contributed by atoms with Gasteiger partial charge in [0.25, 0.3) is 0 Å². The fourth-order valence-corrected chi connectivity index (χ4v) is 3.26. The molecule has 0 bridgehead atoms. The van der Waals surface area contributed by atoms with Gasteiger partial charge in [-0.2, -0.15) is 0 Å². The zero-order chi connectivity index (χ0) is 21.9. The topological polar surface area (TPSA) is 67.9 Å². The molecule has 0 aliphatic rings. The Morgan fingerprint density at radius 3 is 2.24 bits per heavy atom. The van der Waals surface area contributed by atoms with Gasteiger partial charge in [0.2, 0.25) is 0 Å². The van der Waals surface area contributed by atoms with Crippen molar-refractivity contribution in [1.82, 2.24) is 10.4 Å². The molecule has 2 unspecified atom stereocenters. The standard InChI is InChI=1S/C22H36N2O4Si/c1-7-27-21(25)23-24(22(26)28-8-2)20(16-14-18(3)29(4,5)6)17-15-19-12-10-9-11-13-19/h9-14,16,18,20H,7-8,15,17H2,1-6H3,(H,23,25)/b16-14+. The molecule has 1 aromatic rings. The molecule has 0 aromatic heterocycles. The van der Waals surface area contributed by atoms with Gasteiger partial charge in [-0.05, 0) is 37.8 Å². The highest BCUT2D eigenvalue weighted by Crippen LogP contribution is 2.23. The van der Waals surface area contributed by atoms with Gasteiger partial charge in [0.1, 0.15) is 0 Å². The quantitative estimate of drug-likeness (QED) is 0.330. The van der Waals surface area contributed by atoms with Crippen LogP contribution in [0.3, 0.4) is 0 Å². The minimum atomic E-state index is -1.37. The van der Waals surface area contributed by atoms with Crippen LogP contribution in [0.2, 0.25) is 25.2 Å². The Hall–Kier alpha value is -2.28. The van der Waals surface area contributed by atoms with Gasteiger partial charge in [-0.3, -0.25) is 0 Å². The lowest BCUT2D eigenvalue weighted by atomic mass is 10.0. The first-order chi connectivity index (χ1) is 13.7. The molecule has 0 fully saturated rings. The van der Waals surface area contributed by atoms with Crippen LogP contribution in [-0.4, -0.2) is 44.5 Å². The zero-order valence-corrected chi connectivity index (χ0v) is 19.6. The lowest BCUT2D eigenvalue weighted by Crippen LogP contribution is -2.52. The summed E-state index contributed by atoms with van der Waals surface area (Å²) in [7, 11) is -1.37. The number of hydrazine groups is 1. The Bertz CT molecular complexity index is 659. The van der Waals surface area contributed by atoms with Crippen molar-refractivity contribution in [1.29, 1.82) is 0 Å². The number of hydrogen-bond acceptors (Lipinski definition) is 4. The molecule has 0 spiro atoms. The van der Waals surface area contributed by atoms with Gasteiger partial charge in [0, 0.05) is 0 Å². The number of nitrogens with zero attached hydrogens (tertiary/aromatic N) is 1. The summed E-state index contributed by atoms with van der Waals surface area (Å²) in [4.78, 5) is 24.6. The molecule has 1 rings (SSSR count). The molecule has 162 valence electrons. The van der Waals surface area contributed by atoms with E-state index < -0.39 is 20.3 Å². The van der Waals surface area contributed by atoms with Crippen LogP contribution in [0.1, 0.15) is 32.8 Å². The van der Waals surface area contributed by atoms with E-state index in [0.717, 1.165) is 6.42 Å². The van der Waals surface area contributed by atoms with E-state index in [1.165, 1.54) is 10.6 Å². The average Bonchev–Trinajstić information content (AvgIpc) is 2.67. The highest BCUT2D eigenvalue weighted by atomic mass is 28.3. The van der Waals surface area contributed by atoms with Crippen molar-refractivity contribution in [3.8, 4) is 0 Å². The number of ether oxygens (including phenoxy) is 2. The maximum atomic E-state index is 12.6. The predicted molar refractivity (Wildman–Crippen MR) is 119 cm³/mol. The molecule has 2 atom stereocenters. The van der Waals surface area contributed by atoms with Gasteiger partial charge in [-0.15, -0.1) is 0 Å². The number of benzene rings is 1. The van der Waals surface area contributed by atoms with Crippen LogP contribution in [-0.2, 0) is 15.9 Å². The van der Waals surface area contributed by atoms with E-state index >= 15 is 0 Å². The SMILES string of the molecule is CCOC(=O)NN(C(=O)OCC)C(/C=C/C(C)[Si](C)(C)C)CCc1ccccc1. The molecule has 0 aliphatic heterocycles. The maximum Gasteiger partial charge on any atom is 0.429 e. The first kappa shape index (κ1) is 24.8. The third-order valence-corrected chi connectivity index (χ3v) is 7.77. The van der Waals surface area contributed by atoms with E-state index in [1.807, 2.05) is 24.3 Å². The Morgan fingerprint density at radius 1 is 1.07 bits per heavy atom. The van der Waals surface area contributed by atoms with Crippen molar-refractivity contribution in [3.63, 3.8) is 0 Å². The first-order valence-electron chi connectivity index (χ1n) is 10.3. The number of allylic oxidation sites excluding steroid dienone is 1. The normalized spacial score (nSPS) is 13.6. The van der Waals surface area contributed by atoms with E-state index in [2.05, 4.69) is 50.2 Å². The summed E-state index contributed by atoms with van der Waals surface area (Å²) in [6.45, 7) is 13.0. The number of carbonyl (C=O) groups is 2. The monoisotopic (exact) mass is 420 g/mol. The first-order valence-corrected chi connectivity index (χ1v) is 13.9. The van der Waals surface area contributed by atoms with E-state index in [9.17, 15) is 9.59 Å². The number of carbonyl (C=O) groups excluding carboxylic acids is 2. The van der Waals surface area contributed by atoms with E-state index in [1.54, 1.807) is 13.8 Å². The van der Waals surface area contributed by atoms with Crippen LogP contribution in [0, 0.1) is 0 Å². The van der Waals surface area contributed by atoms with Gasteiger partial charge in [-0.25, -0.2) is 20.0 Å². The summed E-state index contributed by atoms with van der Waals surface area (Å²) in [5.74, 6) is 0. The number of hydrogen-bond donors (Lipinski definition) is 1. The highest BCUT2D eigenvalue weighted by Gasteiger charge is 2.27. The minimum absolute atomic E-state index is 0.222. The highest BCUT2D eigenvalue weighted by molar-refractivity contribution is 6.77. The van der Waals surface area contributed by atoms with Crippen LogP contribution in [0.25, 0.3) is 0 Å². The van der Waals surface area contributed by atoms with Crippen molar-refractivity contribution < 1.29 is 19.1 Å². The summed E-state index contributed by atoms with van der Waals surface area (Å²) in [5, 5.41) is 1.25. The van der Waals surface area contributed by atoms with Crippen molar-refractivity contribution in [2.24, 2.45) is 0 Å². The van der Waals surface area contributed by atoms with Gasteiger partial charge in [0.05, 0.1) is 27.3 Å². The van der Waals surface area contributed by atoms with Gasteiger partial charge in [-0.1, -0.05) is 69.0 Å². The molecule has 0 saturated carbocycles. The molecule has 0 heterocycles. The second-order valence-corrected chi connectivity index (χ2v) is 13.7. The summed E-state index contributed by atoms with van der Waals surface area (Å²) < 4.78 is 10.2. The zero-order valence-electron chi connectivity index (χ0n) is 18.6. The fourth-order valence-electron chi connectivity index (χ4n) is 2.57. The molecule has 0 saturated heterocycles. The molecule has 1 N–H and O–H groups in total. The number of nitrogens with one attached hydrogen (secondary N) is 1. The van der Waals surface area contributed by atoms with Crippen molar-refractivity contribution in [2.45, 2.75) is 64.8 Å². The summed E-state index contributed by atoms with van der Waals surface area (Å²) in [6, 6.07) is 9.72. The lowest BCUT2D eigenvalue weighted by molar-refractivity contribution is 0.0619. The molecular weight excluding hydrogens is 384 g/mol. The second kappa shape index (κ2) is 12.3. The Morgan fingerprint density at radius 2 is 1.69 bits per heavy atom.